The van der Waals surface area contributed by atoms with Gasteiger partial charge in [-0.25, -0.2) is 0 Å². The van der Waals surface area contributed by atoms with Crippen molar-refractivity contribution in [1.29, 1.82) is 5.26 Å². The number of rotatable bonds is 2. The summed E-state index contributed by atoms with van der Waals surface area (Å²) in [5.41, 5.74) is 0. The van der Waals surface area contributed by atoms with E-state index in [1.165, 1.54) is 0 Å². The van der Waals surface area contributed by atoms with E-state index in [-0.39, 0.29) is 0 Å². The van der Waals surface area contributed by atoms with E-state index in [0.29, 0.717) is 12.5 Å². The first-order chi connectivity index (χ1) is 4.31. The van der Waals surface area contributed by atoms with Crippen LogP contribution >= 0.6 is 0 Å². The lowest BCUT2D eigenvalue weighted by molar-refractivity contribution is 0.348. The predicted octanol–water partition coefficient (Wildman–Crippen LogP) is 1.09. The standard InChI is InChI=1S/C6H8N2O/c1-3-4-9-6(2)8-5-7/h3H,1,4H2,2H3/b8-6+. The van der Waals surface area contributed by atoms with E-state index in [2.05, 4.69) is 11.6 Å². The van der Waals surface area contributed by atoms with Gasteiger partial charge < -0.3 is 4.74 Å². The van der Waals surface area contributed by atoms with E-state index in [1.807, 2.05) is 0 Å². The van der Waals surface area contributed by atoms with E-state index in [1.54, 1.807) is 19.2 Å². The van der Waals surface area contributed by atoms with Crippen molar-refractivity contribution in [2.45, 2.75) is 6.92 Å². The SMILES string of the molecule is C=CCO/C(C)=N/C#N. The number of aliphatic imine (C=N–C) groups is 1. The first kappa shape index (κ1) is 7.70. The van der Waals surface area contributed by atoms with Gasteiger partial charge in [-0.15, -0.1) is 4.99 Å². The molecule has 3 heteroatoms. The molecule has 0 saturated carbocycles. The molecule has 0 saturated heterocycles. The van der Waals surface area contributed by atoms with E-state index in [9.17, 15) is 0 Å². The van der Waals surface area contributed by atoms with Crippen molar-refractivity contribution in [2.24, 2.45) is 4.99 Å². The van der Waals surface area contributed by atoms with Crippen LogP contribution in [0.1, 0.15) is 6.92 Å². The second-order valence-electron chi connectivity index (χ2n) is 1.33. The zero-order chi connectivity index (χ0) is 7.11. The molecule has 0 rings (SSSR count). The molecule has 0 unspecified atom stereocenters. The van der Waals surface area contributed by atoms with Crippen LogP contribution in [0.25, 0.3) is 0 Å². The van der Waals surface area contributed by atoms with Crippen molar-refractivity contribution < 1.29 is 4.74 Å². The van der Waals surface area contributed by atoms with Gasteiger partial charge in [0.15, 0.2) is 5.90 Å². The van der Waals surface area contributed by atoms with E-state index in [0.717, 1.165) is 0 Å². The Hall–Kier alpha value is -1.30. The Morgan fingerprint density at radius 2 is 2.67 bits per heavy atom. The summed E-state index contributed by atoms with van der Waals surface area (Å²) in [5, 5.41) is 7.99. The molecule has 0 N–H and O–H groups in total. The van der Waals surface area contributed by atoms with Crippen LogP contribution in [0, 0.1) is 11.5 Å². The topological polar surface area (TPSA) is 45.4 Å². The van der Waals surface area contributed by atoms with Crippen molar-refractivity contribution in [2.75, 3.05) is 6.61 Å². The quantitative estimate of drug-likeness (QED) is 0.239. The van der Waals surface area contributed by atoms with E-state index < -0.39 is 0 Å². The molecule has 0 spiro atoms. The van der Waals surface area contributed by atoms with Gasteiger partial charge in [0.1, 0.15) is 6.61 Å². The third kappa shape index (κ3) is 4.56. The van der Waals surface area contributed by atoms with Crippen molar-refractivity contribution >= 4 is 5.90 Å². The fourth-order valence-electron chi connectivity index (χ4n) is 0.282. The molecule has 0 aliphatic rings. The Balaban J connectivity index is 3.52. The van der Waals surface area contributed by atoms with Crippen molar-refractivity contribution in [3.8, 4) is 6.19 Å². The lowest BCUT2D eigenvalue weighted by atomic mass is 10.7. The highest BCUT2D eigenvalue weighted by atomic mass is 16.5. The molecule has 0 aliphatic heterocycles. The smallest absolute Gasteiger partial charge is 0.208 e. The number of hydrogen-bond donors (Lipinski definition) is 0. The van der Waals surface area contributed by atoms with Crippen LogP contribution in [0.3, 0.4) is 0 Å². The normalized spacial score (nSPS) is 10.0. The molecular formula is C6H8N2O. The second kappa shape index (κ2) is 4.85. The van der Waals surface area contributed by atoms with Crippen LogP contribution in [-0.4, -0.2) is 12.5 Å². The summed E-state index contributed by atoms with van der Waals surface area (Å²) in [6.45, 7) is 5.45. The van der Waals surface area contributed by atoms with Gasteiger partial charge in [0, 0.05) is 6.92 Å². The summed E-state index contributed by atoms with van der Waals surface area (Å²) >= 11 is 0. The van der Waals surface area contributed by atoms with Gasteiger partial charge in [-0.2, -0.15) is 5.26 Å². The second-order valence-corrected chi connectivity index (χ2v) is 1.33. The highest BCUT2D eigenvalue weighted by Gasteiger charge is 1.84. The third-order valence-electron chi connectivity index (χ3n) is 0.618. The maximum absolute atomic E-state index is 7.99. The Labute approximate surface area is 54.3 Å². The maximum Gasteiger partial charge on any atom is 0.208 e. The molecule has 0 aromatic rings. The van der Waals surface area contributed by atoms with Gasteiger partial charge in [0.05, 0.1) is 0 Å². The Kier molecular flexibility index (Phi) is 4.15. The average Bonchev–Trinajstić information content (AvgIpc) is 1.85. The van der Waals surface area contributed by atoms with Gasteiger partial charge in [-0.1, -0.05) is 12.7 Å². The van der Waals surface area contributed by atoms with Crippen LogP contribution < -0.4 is 0 Å². The molecule has 3 nitrogen and oxygen atoms in total. The van der Waals surface area contributed by atoms with Gasteiger partial charge in [-0.05, 0) is 0 Å². The first-order valence-corrected chi connectivity index (χ1v) is 2.48. The predicted molar refractivity (Wildman–Crippen MR) is 34.9 cm³/mol. The molecule has 48 valence electrons. The Bertz CT molecular complexity index is 155. The lowest BCUT2D eigenvalue weighted by Gasteiger charge is -1.96. The zero-order valence-corrected chi connectivity index (χ0v) is 5.29. The van der Waals surface area contributed by atoms with E-state index in [4.69, 9.17) is 10.00 Å². The van der Waals surface area contributed by atoms with Crippen LogP contribution in [0.2, 0.25) is 0 Å². The molecule has 0 bridgehead atoms. The third-order valence-corrected chi connectivity index (χ3v) is 0.618. The minimum absolute atomic E-state index is 0.373. The minimum atomic E-state index is 0.373. The molecule has 0 radical (unpaired) electrons. The van der Waals surface area contributed by atoms with Gasteiger partial charge in [-0.3, -0.25) is 0 Å². The van der Waals surface area contributed by atoms with Crippen molar-refractivity contribution in [3.05, 3.63) is 12.7 Å². The van der Waals surface area contributed by atoms with Crippen molar-refractivity contribution in [3.63, 3.8) is 0 Å². The van der Waals surface area contributed by atoms with Crippen LogP contribution in [0.5, 0.6) is 0 Å². The molecular weight excluding hydrogens is 116 g/mol. The lowest BCUT2D eigenvalue weighted by Crippen LogP contribution is -1.97. The largest absolute Gasteiger partial charge is 0.476 e. The Morgan fingerprint density at radius 3 is 3.11 bits per heavy atom. The number of nitriles is 1. The summed E-state index contributed by atoms with van der Waals surface area (Å²) in [6, 6.07) is 0. The van der Waals surface area contributed by atoms with E-state index >= 15 is 0 Å². The molecule has 0 aromatic heterocycles. The average molecular weight is 124 g/mol. The highest BCUT2D eigenvalue weighted by Crippen LogP contribution is 1.79. The highest BCUT2D eigenvalue weighted by molar-refractivity contribution is 5.74. The summed E-state index contributed by atoms with van der Waals surface area (Å²) < 4.78 is 4.84. The summed E-state index contributed by atoms with van der Waals surface area (Å²) in [6.07, 6.45) is 3.20. The monoisotopic (exact) mass is 124 g/mol. The maximum atomic E-state index is 7.99. The van der Waals surface area contributed by atoms with Gasteiger partial charge in [0.2, 0.25) is 6.19 Å². The van der Waals surface area contributed by atoms with Crippen LogP contribution in [-0.2, 0) is 4.74 Å². The van der Waals surface area contributed by atoms with Crippen LogP contribution in [0.15, 0.2) is 17.6 Å². The molecule has 0 aromatic carbocycles. The minimum Gasteiger partial charge on any atom is -0.476 e. The van der Waals surface area contributed by atoms with Crippen molar-refractivity contribution in [1.82, 2.24) is 0 Å². The fraction of sp³-hybridized carbons (Fsp3) is 0.333. The summed E-state index contributed by atoms with van der Waals surface area (Å²) in [4.78, 5) is 3.31. The van der Waals surface area contributed by atoms with Gasteiger partial charge >= 0.3 is 0 Å². The molecule has 9 heavy (non-hydrogen) atoms. The van der Waals surface area contributed by atoms with Gasteiger partial charge in [0.25, 0.3) is 0 Å². The first-order valence-electron chi connectivity index (χ1n) is 2.48. The Morgan fingerprint density at radius 1 is 2.00 bits per heavy atom. The molecule has 0 amide bonds. The zero-order valence-electron chi connectivity index (χ0n) is 5.29. The fourth-order valence-corrected chi connectivity index (χ4v) is 0.282. The summed E-state index contributed by atoms with van der Waals surface area (Å²) in [7, 11) is 0. The number of nitrogens with zero attached hydrogens (tertiary/aromatic N) is 2. The summed E-state index contributed by atoms with van der Waals surface area (Å²) in [5.74, 6) is 0.373. The molecule has 0 heterocycles. The number of ether oxygens (including phenoxy) is 1. The molecule has 0 fully saturated rings. The molecule has 0 aliphatic carbocycles. The molecule has 0 atom stereocenters. The van der Waals surface area contributed by atoms with Crippen LogP contribution in [0.4, 0.5) is 0 Å². The number of hydrogen-bond acceptors (Lipinski definition) is 3.